The van der Waals surface area contributed by atoms with E-state index < -0.39 is 0 Å². The molecule has 0 atom stereocenters. The molecular weight excluding hydrogens is 344 g/mol. The van der Waals surface area contributed by atoms with Crippen LogP contribution in [0.3, 0.4) is 0 Å². The lowest BCUT2D eigenvalue weighted by atomic mass is 10.2. The van der Waals surface area contributed by atoms with E-state index >= 15 is 0 Å². The van der Waals surface area contributed by atoms with Crippen LogP contribution >= 0.6 is 22.9 Å². The number of rotatable bonds is 2. The SMILES string of the molecule is O=C(/N=c1\sccn1-c1ccccc1Cl)c1ccnc2[nH]ccc12. The molecule has 0 aliphatic rings. The summed E-state index contributed by atoms with van der Waals surface area (Å²) in [4.78, 5) is 24.7. The van der Waals surface area contributed by atoms with Crippen LogP contribution < -0.4 is 4.80 Å². The van der Waals surface area contributed by atoms with Crippen LogP contribution in [0.25, 0.3) is 16.7 Å². The third-order valence-electron chi connectivity index (χ3n) is 3.59. The number of carbonyl (C=O) groups excluding carboxylic acids is 1. The second-order valence-electron chi connectivity index (χ2n) is 5.02. The van der Waals surface area contributed by atoms with Crippen LogP contribution in [0.5, 0.6) is 0 Å². The molecule has 4 aromatic rings. The first-order valence-corrected chi connectivity index (χ1v) is 8.42. The molecule has 0 bridgehead atoms. The van der Waals surface area contributed by atoms with Crippen molar-refractivity contribution in [2.75, 3.05) is 0 Å². The first-order valence-electron chi connectivity index (χ1n) is 7.16. The van der Waals surface area contributed by atoms with Crippen molar-refractivity contribution in [2.45, 2.75) is 0 Å². The van der Waals surface area contributed by atoms with Crippen molar-refractivity contribution in [3.05, 3.63) is 75.8 Å². The van der Waals surface area contributed by atoms with E-state index in [1.165, 1.54) is 11.3 Å². The molecule has 0 aliphatic carbocycles. The summed E-state index contributed by atoms with van der Waals surface area (Å²) in [6, 6.07) is 10.9. The van der Waals surface area contributed by atoms with Gasteiger partial charge in [0, 0.05) is 29.4 Å². The number of hydrogen-bond donors (Lipinski definition) is 1. The second-order valence-corrected chi connectivity index (χ2v) is 6.30. The average Bonchev–Trinajstić information content (AvgIpc) is 3.24. The van der Waals surface area contributed by atoms with Crippen molar-refractivity contribution < 1.29 is 4.79 Å². The first-order chi connectivity index (χ1) is 11.7. The number of amides is 1. The van der Waals surface area contributed by atoms with Crippen LogP contribution in [0.15, 0.2) is 65.4 Å². The van der Waals surface area contributed by atoms with Gasteiger partial charge in [-0.05, 0) is 24.3 Å². The summed E-state index contributed by atoms with van der Waals surface area (Å²) in [6.45, 7) is 0. The van der Waals surface area contributed by atoms with Gasteiger partial charge in [-0.25, -0.2) is 4.98 Å². The van der Waals surface area contributed by atoms with Crippen LogP contribution in [0.2, 0.25) is 5.02 Å². The fraction of sp³-hybridized carbons (Fsp3) is 0. The minimum atomic E-state index is -0.315. The average molecular weight is 355 g/mol. The van der Waals surface area contributed by atoms with Crippen molar-refractivity contribution >= 4 is 39.9 Å². The molecule has 118 valence electrons. The number of aromatic amines is 1. The number of nitrogens with zero attached hydrogens (tertiary/aromatic N) is 3. The standard InChI is InChI=1S/C17H11ClN4OS/c18-13-3-1-2-4-14(13)22-9-10-24-17(22)21-16(23)12-6-8-20-15-11(12)5-7-19-15/h1-10H,(H,19,20)/b21-17-. The molecule has 0 saturated heterocycles. The van der Waals surface area contributed by atoms with Crippen LogP contribution in [0, 0.1) is 0 Å². The summed E-state index contributed by atoms with van der Waals surface area (Å²) in [5, 5.41) is 3.22. The van der Waals surface area contributed by atoms with Crippen molar-refractivity contribution in [3.8, 4) is 5.69 Å². The molecular formula is C17H11ClN4OS. The molecule has 1 amide bonds. The molecule has 0 saturated carbocycles. The first kappa shape index (κ1) is 14.9. The molecule has 1 N–H and O–H groups in total. The predicted molar refractivity (Wildman–Crippen MR) is 94.6 cm³/mol. The van der Waals surface area contributed by atoms with Crippen LogP contribution in [0.1, 0.15) is 10.4 Å². The highest BCUT2D eigenvalue weighted by Gasteiger charge is 2.11. The summed E-state index contributed by atoms with van der Waals surface area (Å²) in [5.74, 6) is -0.315. The molecule has 4 rings (SSSR count). The highest BCUT2D eigenvalue weighted by molar-refractivity contribution is 7.07. The van der Waals surface area contributed by atoms with E-state index in [-0.39, 0.29) is 5.91 Å². The maximum Gasteiger partial charge on any atom is 0.280 e. The molecule has 3 heterocycles. The number of nitrogens with one attached hydrogen (secondary N) is 1. The molecule has 0 radical (unpaired) electrons. The molecule has 0 spiro atoms. The zero-order chi connectivity index (χ0) is 16.5. The van der Waals surface area contributed by atoms with Crippen LogP contribution in [0.4, 0.5) is 0 Å². The topological polar surface area (TPSA) is 63.0 Å². The number of carbonyl (C=O) groups is 1. The smallest absolute Gasteiger partial charge is 0.280 e. The van der Waals surface area contributed by atoms with Gasteiger partial charge in [-0.3, -0.25) is 9.36 Å². The van der Waals surface area contributed by atoms with E-state index in [4.69, 9.17) is 11.6 Å². The van der Waals surface area contributed by atoms with Gasteiger partial charge in [-0.2, -0.15) is 4.99 Å². The minimum absolute atomic E-state index is 0.315. The Morgan fingerprint density at radius 3 is 3.00 bits per heavy atom. The van der Waals surface area contributed by atoms with Gasteiger partial charge in [0.2, 0.25) is 0 Å². The Morgan fingerprint density at radius 2 is 2.12 bits per heavy atom. The van der Waals surface area contributed by atoms with Gasteiger partial charge < -0.3 is 4.98 Å². The Kier molecular flexibility index (Phi) is 3.76. The van der Waals surface area contributed by atoms with Crippen molar-refractivity contribution in [1.29, 1.82) is 0 Å². The van der Waals surface area contributed by atoms with E-state index in [0.29, 0.717) is 21.0 Å². The zero-order valence-electron chi connectivity index (χ0n) is 12.3. The number of H-pyrrole nitrogens is 1. The van der Waals surface area contributed by atoms with Crippen LogP contribution in [-0.4, -0.2) is 20.4 Å². The summed E-state index contributed by atoms with van der Waals surface area (Å²) >= 11 is 7.63. The minimum Gasteiger partial charge on any atom is -0.346 e. The Balaban J connectivity index is 1.83. The second kappa shape index (κ2) is 6.07. The van der Waals surface area contributed by atoms with Crippen molar-refractivity contribution in [1.82, 2.24) is 14.5 Å². The van der Waals surface area contributed by atoms with Gasteiger partial charge >= 0.3 is 0 Å². The summed E-state index contributed by atoms with van der Waals surface area (Å²) in [5.41, 5.74) is 1.97. The number of halogens is 1. The van der Waals surface area contributed by atoms with E-state index in [1.807, 2.05) is 35.8 Å². The van der Waals surface area contributed by atoms with E-state index in [2.05, 4.69) is 15.0 Å². The normalized spacial score (nSPS) is 12.0. The fourth-order valence-electron chi connectivity index (χ4n) is 2.48. The Labute approximate surface area is 145 Å². The Bertz CT molecular complexity index is 1110. The summed E-state index contributed by atoms with van der Waals surface area (Å²) in [6.07, 6.45) is 5.19. The van der Waals surface area contributed by atoms with Crippen LogP contribution in [-0.2, 0) is 0 Å². The Morgan fingerprint density at radius 1 is 1.25 bits per heavy atom. The molecule has 0 aliphatic heterocycles. The Hall–Kier alpha value is -2.70. The molecule has 1 aromatic carbocycles. The zero-order valence-corrected chi connectivity index (χ0v) is 13.9. The molecule has 0 unspecified atom stereocenters. The highest BCUT2D eigenvalue weighted by atomic mass is 35.5. The van der Waals surface area contributed by atoms with E-state index in [0.717, 1.165) is 11.1 Å². The predicted octanol–water partition coefficient (Wildman–Crippen LogP) is 3.81. The lowest BCUT2D eigenvalue weighted by molar-refractivity contribution is 0.0999. The van der Waals surface area contributed by atoms with E-state index in [9.17, 15) is 4.79 Å². The summed E-state index contributed by atoms with van der Waals surface area (Å²) in [7, 11) is 0. The third kappa shape index (κ3) is 2.55. The quantitative estimate of drug-likeness (QED) is 0.595. The van der Waals surface area contributed by atoms with Crippen molar-refractivity contribution in [2.24, 2.45) is 4.99 Å². The van der Waals surface area contributed by atoms with Gasteiger partial charge in [0.1, 0.15) is 5.65 Å². The van der Waals surface area contributed by atoms with Gasteiger partial charge in [-0.15, -0.1) is 11.3 Å². The fourth-order valence-corrected chi connectivity index (χ4v) is 3.42. The van der Waals surface area contributed by atoms with E-state index in [1.54, 1.807) is 29.1 Å². The van der Waals surface area contributed by atoms with Gasteiger partial charge in [0.25, 0.3) is 5.91 Å². The molecule has 3 aromatic heterocycles. The number of pyridine rings is 1. The molecule has 24 heavy (non-hydrogen) atoms. The largest absolute Gasteiger partial charge is 0.346 e. The number of aromatic nitrogens is 3. The maximum absolute atomic E-state index is 12.6. The number of benzene rings is 1. The number of fused-ring (bicyclic) bond motifs is 1. The molecule has 7 heteroatoms. The third-order valence-corrected chi connectivity index (χ3v) is 4.67. The summed E-state index contributed by atoms with van der Waals surface area (Å²) < 4.78 is 1.81. The number of thiazole rings is 1. The maximum atomic E-state index is 12.6. The van der Waals surface area contributed by atoms with Crippen molar-refractivity contribution in [3.63, 3.8) is 0 Å². The van der Waals surface area contributed by atoms with Gasteiger partial charge in [-0.1, -0.05) is 23.7 Å². The molecule has 5 nitrogen and oxygen atoms in total. The lowest BCUT2D eigenvalue weighted by Gasteiger charge is -2.04. The lowest BCUT2D eigenvalue weighted by Crippen LogP contribution is -2.15. The van der Waals surface area contributed by atoms with Gasteiger partial charge in [0.05, 0.1) is 16.3 Å². The number of hydrogen-bond acceptors (Lipinski definition) is 3. The monoisotopic (exact) mass is 354 g/mol. The molecule has 0 fully saturated rings. The van der Waals surface area contributed by atoms with Gasteiger partial charge in [0.15, 0.2) is 4.80 Å². The number of para-hydroxylation sites is 1. The highest BCUT2D eigenvalue weighted by Crippen LogP contribution is 2.19.